The lowest BCUT2D eigenvalue weighted by Crippen LogP contribution is -2.52. The third-order valence-corrected chi connectivity index (χ3v) is 6.37. The zero-order valence-corrected chi connectivity index (χ0v) is 17.0. The first-order valence-corrected chi connectivity index (χ1v) is 10.3. The number of aryl methyl sites for hydroxylation is 1. The number of amides is 2. The fraction of sp³-hybridized carbons (Fsp3) is 0.636. The number of hydrogen-bond donors (Lipinski definition) is 1. The summed E-state index contributed by atoms with van der Waals surface area (Å²) in [6, 6.07) is 8.34. The second kappa shape index (κ2) is 8.42. The molecular weight excluding hydrogens is 338 g/mol. The maximum Gasteiger partial charge on any atom is 0.234 e. The zero-order valence-electron chi connectivity index (χ0n) is 17.0. The van der Waals surface area contributed by atoms with E-state index in [1.54, 1.807) is 0 Å². The second-order valence-corrected chi connectivity index (χ2v) is 8.38. The average Bonchev–Trinajstić information content (AvgIpc) is 2.66. The lowest BCUT2D eigenvalue weighted by atomic mass is 9.72. The van der Waals surface area contributed by atoms with Crippen LogP contribution in [0.5, 0.6) is 0 Å². The van der Waals surface area contributed by atoms with Gasteiger partial charge >= 0.3 is 0 Å². The topological polar surface area (TPSA) is 52.7 Å². The van der Waals surface area contributed by atoms with E-state index >= 15 is 0 Å². The van der Waals surface area contributed by atoms with Crippen molar-refractivity contribution in [3.05, 3.63) is 35.4 Å². The molecule has 148 valence electrons. The normalized spacial score (nSPS) is 21.3. The van der Waals surface area contributed by atoms with Gasteiger partial charge < -0.3 is 10.2 Å². The maximum atomic E-state index is 12.5. The quantitative estimate of drug-likeness (QED) is 0.866. The van der Waals surface area contributed by atoms with Crippen LogP contribution in [0.25, 0.3) is 0 Å². The van der Waals surface area contributed by atoms with Crippen LogP contribution in [0, 0.1) is 12.3 Å². The predicted octanol–water partition coefficient (Wildman–Crippen LogP) is 2.90. The van der Waals surface area contributed by atoms with Crippen LogP contribution in [0.3, 0.4) is 0 Å². The van der Waals surface area contributed by atoms with Crippen molar-refractivity contribution < 1.29 is 9.59 Å². The highest BCUT2D eigenvalue weighted by molar-refractivity contribution is 5.78. The molecule has 2 fully saturated rings. The minimum atomic E-state index is 0.0247. The van der Waals surface area contributed by atoms with Gasteiger partial charge in [-0.05, 0) is 64.1 Å². The Morgan fingerprint density at radius 3 is 2.48 bits per heavy atom. The zero-order chi connectivity index (χ0) is 19.4. The van der Waals surface area contributed by atoms with Crippen LogP contribution in [0.15, 0.2) is 24.3 Å². The van der Waals surface area contributed by atoms with Crippen LogP contribution < -0.4 is 5.32 Å². The Bertz CT molecular complexity index is 663. The second-order valence-electron chi connectivity index (χ2n) is 8.38. The Hall–Kier alpha value is -1.88. The summed E-state index contributed by atoms with van der Waals surface area (Å²) in [7, 11) is 0. The van der Waals surface area contributed by atoms with E-state index in [1.807, 2.05) is 11.8 Å². The highest BCUT2D eigenvalue weighted by Gasteiger charge is 2.40. The molecular formula is C22H33N3O2. The summed E-state index contributed by atoms with van der Waals surface area (Å²) in [5.74, 6) is 0.392. The molecule has 5 heteroatoms. The van der Waals surface area contributed by atoms with Crippen molar-refractivity contribution in [2.45, 2.75) is 52.5 Å². The van der Waals surface area contributed by atoms with Gasteiger partial charge in [-0.1, -0.05) is 29.8 Å². The van der Waals surface area contributed by atoms with Gasteiger partial charge in [0.1, 0.15) is 0 Å². The number of nitrogens with one attached hydrogen (secondary N) is 1. The summed E-state index contributed by atoms with van der Waals surface area (Å²) in [6.45, 7) is 10.2. The molecule has 0 saturated carbocycles. The van der Waals surface area contributed by atoms with Gasteiger partial charge in [-0.2, -0.15) is 0 Å². The van der Waals surface area contributed by atoms with Gasteiger partial charge in [-0.3, -0.25) is 14.5 Å². The van der Waals surface area contributed by atoms with Crippen LogP contribution in [0.1, 0.15) is 56.7 Å². The molecule has 27 heavy (non-hydrogen) atoms. The van der Waals surface area contributed by atoms with Gasteiger partial charge in [0.2, 0.25) is 11.8 Å². The lowest BCUT2D eigenvalue weighted by Gasteiger charge is -2.47. The van der Waals surface area contributed by atoms with Gasteiger partial charge in [0.15, 0.2) is 0 Å². The summed E-state index contributed by atoms with van der Waals surface area (Å²) < 4.78 is 0. The van der Waals surface area contributed by atoms with Crippen LogP contribution in [-0.4, -0.2) is 54.3 Å². The monoisotopic (exact) mass is 371 g/mol. The van der Waals surface area contributed by atoms with Crippen LogP contribution >= 0.6 is 0 Å². The molecule has 1 aromatic rings. The van der Waals surface area contributed by atoms with E-state index in [0.717, 1.165) is 51.0 Å². The molecule has 2 heterocycles. The number of carbonyl (C=O) groups excluding carboxylic acids is 2. The Kier molecular flexibility index (Phi) is 6.20. The number of hydrogen-bond acceptors (Lipinski definition) is 3. The van der Waals surface area contributed by atoms with Crippen molar-refractivity contribution in [3.63, 3.8) is 0 Å². The molecule has 0 radical (unpaired) electrons. The third-order valence-electron chi connectivity index (χ3n) is 6.37. The van der Waals surface area contributed by atoms with E-state index in [-0.39, 0.29) is 17.4 Å². The Labute approximate surface area is 163 Å². The molecule has 0 bridgehead atoms. The number of likely N-dealkylation sites (tertiary alicyclic amines) is 2. The van der Waals surface area contributed by atoms with E-state index in [0.29, 0.717) is 18.9 Å². The van der Waals surface area contributed by atoms with Gasteiger partial charge in [-0.15, -0.1) is 0 Å². The van der Waals surface area contributed by atoms with E-state index in [4.69, 9.17) is 0 Å². The van der Waals surface area contributed by atoms with Crippen molar-refractivity contribution in [1.29, 1.82) is 0 Å². The summed E-state index contributed by atoms with van der Waals surface area (Å²) in [5.41, 5.74) is 2.63. The predicted molar refractivity (Wildman–Crippen MR) is 107 cm³/mol. The van der Waals surface area contributed by atoms with Gasteiger partial charge in [-0.25, -0.2) is 0 Å². The van der Waals surface area contributed by atoms with Crippen LogP contribution in [0.2, 0.25) is 0 Å². The minimum Gasteiger partial charge on any atom is -0.348 e. The van der Waals surface area contributed by atoms with Crippen LogP contribution in [-0.2, 0) is 9.59 Å². The molecule has 2 aliphatic heterocycles. The first-order valence-electron chi connectivity index (χ1n) is 10.3. The Morgan fingerprint density at radius 1 is 1.19 bits per heavy atom. The van der Waals surface area contributed by atoms with Crippen molar-refractivity contribution in [2.24, 2.45) is 5.41 Å². The Balaban J connectivity index is 1.46. The first kappa shape index (κ1) is 19.9. The number of piperidine rings is 2. The highest BCUT2D eigenvalue weighted by atomic mass is 16.2. The number of carbonyl (C=O) groups is 2. The molecule has 5 nitrogen and oxygen atoms in total. The van der Waals surface area contributed by atoms with Crippen molar-refractivity contribution in [1.82, 2.24) is 15.1 Å². The molecule has 1 N–H and O–H groups in total. The van der Waals surface area contributed by atoms with Crippen molar-refractivity contribution >= 4 is 11.8 Å². The molecule has 2 saturated heterocycles. The van der Waals surface area contributed by atoms with Crippen molar-refractivity contribution in [2.75, 3.05) is 32.7 Å². The summed E-state index contributed by atoms with van der Waals surface area (Å²) in [4.78, 5) is 28.7. The molecule has 1 aromatic carbocycles. The average molecular weight is 372 g/mol. The van der Waals surface area contributed by atoms with Gasteiger partial charge in [0.25, 0.3) is 0 Å². The summed E-state index contributed by atoms with van der Waals surface area (Å²) >= 11 is 0. The maximum absolute atomic E-state index is 12.5. The van der Waals surface area contributed by atoms with E-state index < -0.39 is 0 Å². The van der Waals surface area contributed by atoms with Gasteiger partial charge in [0, 0.05) is 19.5 Å². The first-order chi connectivity index (χ1) is 12.9. The lowest BCUT2D eigenvalue weighted by molar-refractivity contribution is -0.138. The summed E-state index contributed by atoms with van der Waals surface area (Å²) in [5, 5.41) is 3.12. The SMILES string of the molecule is CCN1CC2(CCC1=O)CCN(CC(=O)NC(C)c1ccc(C)cc1)CC2. The smallest absolute Gasteiger partial charge is 0.234 e. The Morgan fingerprint density at radius 2 is 1.85 bits per heavy atom. The molecule has 0 aromatic heterocycles. The number of rotatable bonds is 5. The molecule has 3 rings (SSSR count). The van der Waals surface area contributed by atoms with Gasteiger partial charge in [0.05, 0.1) is 12.6 Å². The van der Waals surface area contributed by atoms with E-state index in [9.17, 15) is 9.59 Å². The fourth-order valence-electron chi connectivity index (χ4n) is 4.41. The van der Waals surface area contributed by atoms with Crippen molar-refractivity contribution in [3.8, 4) is 0 Å². The molecule has 2 amide bonds. The highest BCUT2D eigenvalue weighted by Crippen LogP contribution is 2.40. The fourth-order valence-corrected chi connectivity index (χ4v) is 4.41. The number of benzene rings is 1. The molecule has 1 atom stereocenters. The third kappa shape index (κ3) is 4.89. The molecule has 1 unspecified atom stereocenters. The standard InChI is InChI=1S/C22H33N3O2/c1-4-25-16-22(10-9-21(25)27)11-13-24(14-12-22)15-20(26)23-18(3)19-7-5-17(2)6-8-19/h5-8,18H,4,9-16H2,1-3H3,(H,23,26). The van der Waals surface area contributed by atoms with E-state index in [2.05, 4.69) is 48.3 Å². The van der Waals surface area contributed by atoms with E-state index in [1.165, 1.54) is 5.56 Å². The number of nitrogens with zero attached hydrogens (tertiary/aromatic N) is 2. The molecule has 2 aliphatic rings. The summed E-state index contributed by atoms with van der Waals surface area (Å²) in [6.07, 6.45) is 3.85. The van der Waals surface area contributed by atoms with Crippen LogP contribution in [0.4, 0.5) is 0 Å². The molecule has 1 spiro atoms. The molecule has 0 aliphatic carbocycles. The largest absolute Gasteiger partial charge is 0.348 e. The minimum absolute atomic E-state index is 0.0247.